The first-order valence-corrected chi connectivity index (χ1v) is 5.60. The van der Waals surface area contributed by atoms with Gasteiger partial charge in [-0.15, -0.1) is 5.10 Å². The van der Waals surface area contributed by atoms with E-state index in [1.807, 2.05) is 0 Å². The molecule has 1 amide bonds. The van der Waals surface area contributed by atoms with Crippen molar-refractivity contribution >= 4 is 17.5 Å². The van der Waals surface area contributed by atoms with Crippen LogP contribution in [0, 0.1) is 0 Å². The van der Waals surface area contributed by atoms with E-state index in [9.17, 15) is 14.4 Å². The Bertz CT molecular complexity index is 673. The molecule has 0 aliphatic rings. The summed E-state index contributed by atoms with van der Waals surface area (Å²) >= 11 is 0. The lowest BCUT2D eigenvalue weighted by Crippen LogP contribution is -2.33. The first kappa shape index (κ1) is 12.8. The largest absolute Gasteiger partial charge is 0.481 e. The van der Waals surface area contributed by atoms with Crippen LogP contribution in [0.2, 0.25) is 0 Å². The molecule has 0 unspecified atom stereocenters. The number of hydrogen-bond donors (Lipinski definition) is 2. The molecule has 2 rings (SSSR count). The Hall–Kier alpha value is -2.64. The van der Waals surface area contributed by atoms with Gasteiger partial charge in [0, 0.05) is 12.7 Å². The molecule has 2 aromatic heterocycles. The molecule has 0 fully saturated rings. The lowest BCUT2D eigenvalue weighted by atomic mass is 10.4. The van der Waals surface area contributed by atoms with E-state index < -0.39 is 17.6 Å². The van der Waals surface area contributed by atoms with Crippen molar-refractivity contribution in [2.45, 2.75) is 13.0 Å². The van der Waals surface area contributed by atoms with Gasteiger partial charge in [-0.1, -0.05) is 6.07 Å². The van der Waals surface area contributed by atoms with Crippen molar-refractivity contribution in [3.8, 4) is 0 Å². The van der Waals surface area contributed by atoms with Crippen LogP contribution in [0.25, 0.3) is 5.65 Å². The fourth-order valence-electron chi connectivity index (χ4n) is 1.57. The standard InChI is InChI=1S/C11H12N4O4/c16-9(12-5-4-10(17)18)7-15-11(19)14-6-2-1-3-8(14)13-15/h1-3,6H,4-5,7H2,(H,12,16)(H,17,18). The number of fused-ring (bicyclic) bond motifs is 1. The van der Waals surface area contributed by atoms with Crippen LogP contribution in [0.3, 0.4) is 0 Å². The van der Waals surface area contributed by atoms with E-state index in [0.29, 0.717) is 5.65 Å². The molecule has 0 spiro atoms. The van der Waals surface area contributed by atoms with Crippen molar-refractivity contribution in [2.24, 2.45) is 0 Å². The molecule has 0 atom stereocenters. The maximum Gasteiger partial charge on any atom is 0.350 e. The van der Waals surface area contributed by atoms with E-state index in [-0.39, 0.29) is 19.5 Å². The van der Waals surface area contributed by atoms with Crippen LogP contribution in [0.4, 0.5) is 0 Å². The molecule has 2 heterocycles. The summed E-state index contributed by atoms with van der Waals surface area (Å²) in [6.45, 7) is -0.212. The summed E-state index contributed by atoms with van der Waals surface area (Å²) in [4.78, 5) is 33.6. The fraction of sp³-hybridized carbons (Fsp3) is 0.273. The SMILES string of the molecule is O=C(O)CCNC(=O)Cn1nc2ccccn2c1=O. The molecule has 2 aromatic rings. The molecule has 0 radical (unpaired) electrons. The monoisotopic (exact) mass is 264 g/mol. The Morgan fingerprint density at radius 3 is 2.84 bits per heavy atom. The van der Waals surface area contributed by atoms with Crippen molar-refractivity contribution in [3.05, 3.63) is 34.9 Å². The summed E-state index contributed by atoms with van der Waals surface area (Å²) in [6.07, 6.45) is 1.40. The van der Waals surface area contributed by atoms with E-state index in [0.717, 1.165) is 4.68 Å². The van der Waals surface area contributed by atoms with Crippen molar-refractivity contribution in [2.75, 3.05) is 6.54 Å². The molecule has 0 bridgehead atoms. The maximum atomic E-state index is 11.8. The minimum atomic E-state index is -0.995. The van der Waals surface area contributed by atoms with Gasteiger partial charge in [0.2, 0.25) is 5.91 Å². The van der Waals surface area contributed by atoms with Crippen molar-refractivity contribution < 1.29 is 14.7 Å². The molecular formula is C11H12N4O4. The molecule has 0 aliphatic carbocycles. The molecule has 0 saturated carbocycles. The van der Waals surface area contributed by atoms with Gasteiger partial charge in [0.05, 0.1) is 6.42 Å². The smallest absolute Gasteiger partial charge is 0.350 e. The zero-order valence-corrected chi connectivity index (χ0v) is 9.94. The Balaban J connectivity index is 2.05. The lowest BCUT2D eigenvalue weighted by Gasteiger charge is -2.02. The zero-order chi connectivity index (χ0) is 13.8. The molecule has 0 aromatic carbocycles. The Morgan fingerprint density at radius 2 is 2.16 bits per heavy atom. The number of aliphatic carboxylic acids is 1. The third-order valence-corrected chi connectivity index (χ3v) is 2.44. The van der Waals surface area contributed by atoms with Crippen molar-refractivity contribution in [3.63, 3.8) is 0 Å². The van der Waals surface area contributed by atoms with E-state index >= 15 is 0 Å². The number of carbonyl (C=O) groups is 2. The van der Waals surface area contributed by atoms with Gasteiger partial charge in [0.15, 0.2) is 5.65 Å². The second-order valence-electron chi connectivity index (χ2n) is 3.86. The quantitative estimate of drug-likeness (QED) is 0.727. The number of pyridine rings is 1. The van der Waals surface area contributed by atoms with Gasteiger partial charge >= 0.3 is 11.7 Å². The topological polar surface area (TPSA) is 106 Å². The molecule has 0 aliphatic heterocycles. The van der Waals surface area contributed by atoms with Crippen LogP contribution in [0.15, 0.2) is 29.2 Å². The molecule has 8 nitrogen and oxygen atoms in total. The number of carboxylic acid groups (broad SMARTS) is 1. The minimum absolute atomic E-state index is 0.0241. The predicted molar refractivity (Wildman–Crippen MR) is 64.7 cm³/mol. The molecule has 19 heavy (non-hydrogen) atoms. The zero-order valence-electron chi connectivity index (χ0n) is 9.94. The van der Waals surface area contributed by atoms with E-state index in [1.54, 1.807) is 24.4 Å². The Kier molecular flexibility index (Phi) is 3.60. The first-order valence-electron chi connectivity index (χ1n) is 5.60. The average molecular weight is 264 g/mol. The van der Waals surface area contributed by atoms with Crippen molar-refractivity contribution in [1.29, 1.82) is 0 Å². The fourth-order valence-corrected chi connectivity index (χ4v) is 1.57. The van der Waals surface area contributed by atoms with Crippen LogP contribution in [0.5, 0.6) is 0 Å². The minimum Gasteiger partial charge on any atom is -0.481 e. The number of aromatic nitrogens is 3. The van der Waals surface area contributed by atoms with Crippen LogP contribution in [-0.2, 0) is 16.1 Å². The van der Waals surface area contributed by atoms with Gasteiger partial charge in [-0.05, 0) is 12.1 Å². The second-order valence-corrected chi connectivity index (χ2v) is 3.86. The van der Waals surface area contributed by atoms with Gasteiger partial charge in [-0.2, -0.15) is 0 Å². The van der Waals surface area contributed by atoms with Gasteiger partial charge < -0.3 is 10.4 Å². The summed E-state index contributed by atoms with van der Waals surface area (Å²) in [7, 11) is 0. The second kappa shape index (κ2) is 5.34. The highest BCUT2D eigenvalue weighted by Gasteiger charge is 2.10. The highest BCUT2D eigenvalue weighted by Crippen LogP contribution is 1.94. The molecule has 100 valence electrons. The van der Waals surface area contributed by atoms with Gasteiger partial charge in [-0.3, -0.25) is 14.0 Å². The molecule has 2 N–H and O–H groups in total. The van der Waals surface area contributed by atoms with E-state index in [1.165, 1.54) is 4.40 Å². The number of hydrogen-bond acceptors (Lipinski definition) is 4. The number of rotatable bonds is 5. The number of amides is 1. The van der Waals surface area contributed by atoms with Crippen molar-refractivity contribution in [1.82, 2.24) is 19.5 Å². The van der Waals surface area contributed by atoms with Gasteiger partial charge in [0.1, 0.15) is 6.54 Å². The molecule has 0 saturated heterocycles. The number of nitrogens with one attached hydrogen (secondary N) is 1. The maximum absolute atomic E-state index is 11.8. The lowest BCUT2D eigenvalue weighted by molar-refractivity contribution is -0.136. The summed E-state index contributed by atoms with van der Waals surface area (Å²) in [5.74, 6) is -1.45. The highest BCUT2D eigenvalue weighted by molar-refractivity contribution is 5.76. The van der Waals surface area contributed by atoms with Crippen LogP contribution >= 0.6 is 0 Å². The third kappa shape index (κ3) is 2.97. The Labute approximate surface area is 107 Å². The average Bonchev–Trinajstić information content (AvgIpc) is 2.66. The molecule has 8 heteroatoms. The van der Waals surface area contributed by atoms with Crippen LogP contribution < -0.4 is 11.0 Å². The number of carbonyl (C=O) groups excluding carboxylic acids is 1. The van der Waals surface area contributed by atoms with Crippen LogP contribution in [-0.4, -0.2) is 37.7 Å². The van der Waals surface area contributed by atoms with Crippen LogP contribution in [0.1, 0.15) is 6.42 Å². The van der Waals surface area contributed by atoms with E-state index in [4.69, 9.17) is 5.11 Å². The molecular weight excluding hydrogens is 252 g/mol. The first-order chi connectivity index (χ1) is 9.08. The summed E-state index contributed by atoms with van der Waals surface area (Å²) < 4.78 is 2.36. The predicted octanol–water partition coefficient (Wildman–Crippen LogP) is -0.913. The highest BCUT2D eigenvalue weighted by atomic mass is 16.4. The number of nitrogens with zero attached hydrogens (tertiary/aromatic N) is 3. The third-order valence-electron chi connectivity index (χ3n) is 2.44. The summed E-state index contributed by atoms with van der Waals surface area (Å²) in [6, 6.07) is 5.08. The number of carboxylic acids is 1. The van der Waals surface area contributed by atoms with E-state index in [2.05, 4.69) is 10.4 Å². The summed E-state index contributed by atoms with van der Waals surface area (Å²) in [5.41, 5.74) is 0.0369. The van der Waals surface area contributed by atoms with Gasteiger partial charge in [-0.25, -0.2) is 9.48 Å². The normalized spacial score (nSPS) is 10.5. The Morgan fingerprint density at radius 1 is 1.37 bits per heavy atom. The van der Waals surface area contributed by atoms with Gasteiger partial charge in [0.25, 0.3) is 0 Å². The summed E-state index contributed by atoms with van der Waals surface area (Å²) in [5, 5.41) is 14.8.